The van der Waals surface area contributed by atoms with Crippen molar-refractivity contribution in [2.75, 3.05) is 5.32 Å². The van der Waals surface area contributed by atoms with E-state index in [1.54, 1.807) is 11.6 Å². The zero-order valence-electron chi connectivity index (χ0n) is 15.8. The predicted octanol–water partition coefficient (Wildman–Crippen LogP) is 3.82. The molecule has 0 saturated carbocycles. The van der Waals surface area contributed by atoms with Gasteiger partial charge in [0, 0.05) is 24.9 Å². The molecule has 1 N–H and O–H groups in total. The fraction of sp³-hybridized carbons (Fsp3) is 0.190. The number of aryl methyl sites for hydroxylation is 2. The number of aromatic nitrogens is 4. The van der Waals surface area contributed by atoms with E-state index in [0.29, 0.717) is 23.0 Å². The Morgan fingerprint density at radius 2 is 1.97 bits per heavy atom. The maximum absolute atomic E-state index is 14.5. The van der Waals surface area contributed by atoms with Gasteiger partial charge in [0.25, 0.3) is 0 Å². The van der Waals surface area contributed by atoms with Crippen molar-refractivity contribution in [2.24, 2.45) is 7.05 Å². The van der Waals surface area contributed by atoms with Gasteiger partial charge in [-0.05, 0) is 42.8 Å². The summed E-state index contributed by atoms with van der Waals surface area (Å²) >= 11 is 0. The van der Waals surface area contributed by atoms with Crippen LogP contribution in [0.5, 0.6) is 0 Å². The summed E-state index contributed by atoms with van der Waals surface area (Å²) in [6.45, 7) is 1.79. The molecule has 6 nitrogen and oxygen atoms in total. The number of nitrogens with one attached hydrogen (secondary N) is 1. The maximum atomic E-state index is 14.5. The number of rotatable bonds is 2. The average molecular weight is 393 g/mol. The molecule has 2 aromatic heterocycles. The van der Waals surface area contributed by atoms with Crippen molar-refractivity contribution in [3.63, 3.8) is 0 Å². The molecule has 29 heavy (non-hydrogen) atoms. The molecule has 1 amide bonds. The van der Waals surface area contributed by atoms with Crippen LogP contribution in [-0.4, -0.2) is 25.2 Å². The summed E-state index contributed by atoms with van der Waals surface area (Å²) in [5, 5.41) is 7.43. The molecule has 0 fully saturated rings. The van der Waals surface area contributed by atoms with Gasteiger partial charge in [0.2, 0.25) is 11.9 Å². The van der Waals surface area contributed by atoms with Gasteiger partial charge in [-0.15, -0.1) is 0 Å². The smallest absolute Gasteiger partial charge is 0.233 e. The van der Waals surface area contributed by atoms with Gasteiger partial charge in [0.05, 0.1) is 16.7 Å². The Bertz CT molecular complexity index is 1290. The molecule has 4 aromatic rings. The van der Waals surface area contributed by atoms with Crippen LogP contribution in [0.4, 0.5) is 14.6 Å². The Balaban J connectivity index is 1.73. The van der Waals surface area contributed by atoms with Gasteiger partial charge in [0.15, 0.2) is 0 Å². The SMILES string of the molecule is Cc1nn(-c2nc3ccccc3n2C)c2c1C(c1cc(F)ccc1F)CC(=O)N2. The number of imidazole rings is 1. The van der Waals surface area contributed by atoms with Crippen LogP contribution in [0.3, 0.4) is 0 Å². The second kappa shape index (κ2) is 6.23. The highest BCUT2D eigenvalue weighted by atomic mass is 19.1. The van der Waals surface area contributed by atoms with Crippen LogP contribution in [-0.2, 0) is 11.8 Å². The quantitative estimate of drug-likeness (QED) is 0.563. The third kappa shape index (κ3) is 2.63. The molecule has 1 atom stereocenters. The first-order chi connectivity index (χ1) is 13.9. The number of carbonyl (C=O) groups is 1. The van der Waals surface area contributed by atoms with Crippen molar-refractivity contribution in [3.05, 3.63) is 70.9 Å². The topological polar surface area (TPSA) is 64.7 Å². The van der Waals surface area contributed by atoms with Gasteiger partial charge in [0.1, 0.15) is 17.5 Å². The molecule has 1 aliphatic rings. The Hall–Kier alpha value is -3.55. The summed E-state index contributed by atoms with van der Waals surface area (Å²) in [5.74, 6) is -1.05. The number of anilines is 1. The molecule has 3 heterocycles. The van der Waals surface area contributed by atoms with Crippen LogP contribution in [0.25, 0.3) is 17.0 Å². The first kappa shape index (κ1) is 17.5. The van der Waals surface area contributed by atoms with Crippen molar-refractivity contribution in [1.82, 2.24) is 19.3 Å². The molecular formula is C21H17F2N5O. The standard InChI is InChI=1S/C21H17F2N5O/c1-11-19-14(13-9-12(22)7-8-15(13)23)10-18(29)25-20(19)28(26-11)21-24-16-5-3-4-6-17(16)27(21)2/h3-9,14H,10H2,1-2H3,(H,25,29). The molecular weight excluding hydrogens is 376 g/mol. The summed E-state index contributed by atoms with van der Waals surface area (Å²) in [5.41, 5.74) is 3.15. The first-order valence-corrected chi connectivity index (χ1v) is 9.20. The molecule has 1 unspecified atom stereocenters. The Labute approximate surface area is 164 Å². The minimum atomic E-state index is -0.627. The molecule has 2 aromatic carbocycles. The van der Waals surface area contributed by atoms with Crippen LogP contribution in [0.15, 0.2) is 42.5 Å². The van der Waals surface area contributed by atoms with E-state index in [1.165, 1.54) is 0 Å². The van der Waals surface area contributed by atoms with Gasteiger partial charge in [-0.25, -0.2) is 13.8 Å². The van der Waals surface area contributed by atoms with E-state index in [9.17, 15) is 13.6 Å². The summed E-state index contributed by atoms with van der Waals surface area (Å²) in [7, 11) is 1.86. The van der Waals surface area contributed by atoms with Crippen molar-refractivity contribution in [2.45, 2.75) is 19.3 Å². The normalized spacial score (nSPS) is 16.1. The highest BCUT2D eigenvalue weighted by Crippen LogP contribution is 2.41. The predicted molar refractivity (Wildman–Crippen MR) is 104 cm³/mol. The average Bonchev–Trinajstić information content (AvgIpc) is 3.20. The van der Waals surface area contributed by atoms with Crippen LogP contribution in [0, 0.1) is 18.6 Å². The largest absolute Gasteiger partial charge is 0.311 e. The third-order valence-electron chi connectivity index (χ3n) is 5.39. The van der Waals surface area contributed by atoms with Crippen LogP contribution in [0.2, 0.25) is 0 Å². The van der Waals surface area contributed by atoms with Gasteiger partial charge < -0.3 is 9.88 Å². The number of hydrogen-bond donors (Lipinski definition) is 1. The van der Waals surface area contributed by atoms with Crippen molar-refractivity contribution in [1.29, 1.82) is 0 Å². The summed E-state index contributed by atoms with van der Waals surface area (Å²) in [6.07, 6.45) is 0.0163. The lowest BCUT2D eigenvalue weighted by Gasteiger charge is -2.24. The number of para-hydroxylation sites is 2. The zero-order chi connectivity index (χ0) is 20.3. The lowest BCUT2D eigenvalue weighted by Crippen LogP contribution is -2.26. The number of nitrogens with zero attached hydrogens (tertiary/aromatic N) is 4. The molecule has 1 aliphatic heterocycles. The number of benzene rings is 2. The molecule has 0 bridgehead atoms. The van der Waals surface area contributed by atoms with Crippen LogP contribution < -0.4 is 5.32 Å². The maximum Gasteiger partial charge on any atom is 0.233 e. The molecule has 146 valence electrons. The third-order valence-corrected chi connectivity index (χ3v) is 5.39. The number of fused-ring (bicyclic) bond motifs is 2. The van der Waals surface area contributed by atoms with Crippen LogP contribution in [0.1, 0.15) is 29.2 Å². The van der Waals surface area contributed by atoms with Crippen LogP contribution >= 0.6 is 0 Å². The van der Waals surface area contributed by atoms with Crippen molar-refractivity contribution in [3.8, 4) is 5.95 Å². The number of amides is 1. The number of halogens is 2. The first-order valence-electron chi connectivity index (χ1n) is 9.20. The molecule has 0 radical (unpaired) electrons. The fourth-order valence-electron chi connectivity index (χ4n) is 4.06. The molecule has 0 spiro atoms. The van der Waals surface area contributed by atoms with E-state index in [1.807, 2.05) is 35.9 Å². The van der Waals surface area contributed by atoms with Gasteiger partial charge in [-0.3, -0.25) is 4.79 Å². The summed E-state index contributed by atoms with van der Waals surface area (Å²) in [4.78, 5) is 17.1. The van der Waals surface area contributed by atoms with E-state index >= 15 is 0 Å². The van der Waals surface area contributed by atoms with E-state index in [4.69, 9.17) is 0 Å². The minimum absolute atomic E-state index is 0.0163. The van der Waals surface area contributed by atoms with Gasteiger partial charge in [-0.1, -0.05) is 12.1 Å². The number of hydrogen-bond acceptors (Lipinski definition) is 3. The molecule has 0 saturated heterocycles. The van der Waals surface area contributed by atoms with E-state index in [0.717, 1.165) is 29.2 Å². The van der Waals surface area contributed by atoms with E-state index in [-0.39, 0.29) is 17.9 Å². The fourth-order valence-corrected chi connectivity index (χ4v) is 4.06. The zero-order valence-corrected chi connectivity index (χ0v) is 15.8. The Morgan fingerprint density at radius 1 is 1.17 bits per heavy atom. The van der Waals surface area contributed by atoms with E-state index < -0.39 is 17.6 Å². The lowest BCUT2D eigenvalue weighted by molar-refractivity contribution is -0.116. The van der Waals surface area contributed by atoms with Crippen molar-refractivity contribution >= 4 is 22.8 Å². The molecule has 5 rings (SSSR count). The van der Waals surface area contributed by atoms with Crippen molar-refractivity contribution < 1.29 is 13.6 Å². The molecule has 8 heteroatoms. The second-order valence-corrected chi connectivity index (χ2v) is 7.19. The second-order valence-electron chi connectivity index (χ2n) is 7.19. The highest BCUT2D eigenvalue weighted by Gasteiger charge is 2.35. The van der Waals surface area contributed by atoms with Gasteiger partial charge >= 0.3 is 0 Å². The van der Waals surface area contributed by atoms with E-state index in [2.05, 4.69) is 15.4 Å². The van der Waals surface area contributed by atoms with Gasteiger partial charge in [-0.2, -0.15) is 9.78 Å². The summed E-state index contributed by atoms with van der Waals surface area (Å²) in [6, 6.07) is 11.0. The highest BCUT2D eigenvalue weighted by molar-refractivity contribution is 5.95. The number of carbonyl (C=O) groups excluding carboxylic acids is 1. The molecule has 0 aliphatic carbocycles. The minimum Gasteiger partial charge on any atom is -0.311 e. The summed E-state index contributed by atoms with van der Waals surface area (Å²) < 4.78 is 31.8. The lowest BCUT2D eigenvalue weighted by atomic mass is 9.85. The monoisotopic (exact) mass is 393 g/mol. The Kier molecular flexibility index (Phi) is 3.77. The Morgan fingerprint density at radius 3 is 2.76 bits per heavy atom.